The first-order valence-corrected chi connectivity index (χ1v) is 14.1. The number of likely N-dealkylation sites (N-methyl/N-ethyl adjacent to an activating group) is 1. The number of amides is 1. The second-order valence-corrected chi connectivity index (χ2v) is 11.1. The van der Waals surface area contributed by atoms with E-state index in [1.54, 1.807) is 22.2 Å². The Morgan fingerprint density at radius 1 is 0.881 bits per heavy atom. The van der Waals surface area contributed by atoms with Crippen LogP contribution in [-0.4, -0.2) is 44.9 Å². The number of nitrogens with one attached hydrogen (secondary N) is 1. The van der Waals surface area contributed by atoms with Crippen LogP contribution in [0.2, 0.25) is 0 Å². The van der Waals surface area contributed by atoms with E-state index in [-0.39, 0.29) is 23.1 Å². The van der Waals surface area contributed by atoms with E-state index < -0.39 is 0 Å². The van der Waals surface area contributed by atoms with Crippen molar-refractivity contribution in [3.63, 3.8) is 0 Å². The molecule has 1 N–H and O–H groups in total. The van der Waals surface area contributed by atoms with Crippen LogP contribution < -0.4 is 16.4 Å². The van der Waals surface area contributed by atoms with Gasteiger partial charge >= 0.3 is 0 Å². The van der Waals surface area contributed by atoms with Gasteiger partial charge in [0, 0.05) is 55.6 Å². The summed E-state index contributed by atoms with van der Waals surface area (Å²) in [5.41, 5.74) is 7.87. The van der Waals surface area contributed by atoms with Crippen LogP contribution in [0.5, 0.6) is 0 Å². The quantitative estimate of drug-likeness (QED) is 0.351. The third-order valence-electron chi connectivity index (χ3n) is 8.17. The summed E-state index contributed by atoms with van der Waals surface area (Å²) < 4.78 is 3.23. The third-order valence-corrected chi connectivity index (χ3v) is 8.17. The lowest BCUT2D eigenvalue weighted by molar-refractivity contribution is -0.128. The number of piperazine rings is 1. The predicted octanol–water partition coefficient (Wildman–Crippen LogP) is 4.04. The number of fused-ring (bicyclic) bond motifs is 1. The van der Waals surface area contributed by atoms with Gasteiger partial charge in [-0.05, 0) is 73.0 Å². The molecule has 5 aromatic rings. The number of pyridine rings is 2. The molecule has 1 aliphatic heterocycles. The van der Waals surface area contributed by atoms with Crippen LogP contribution >= 0.6 is 0 Å². The fourth-order valence-electron chi connectivity index (χ4n) is 5.83. The summed E-state index contributed by atoms with van der Waals surface area (Å²) in [5.74, 6) is -0.00109. The number of benzene rings is 2. The lowest BCUT2D eigenvalue weighted by Crippen LogP contribution is -2.48. The molecule has 0 saturated carbocycles. The Balaban J connectivity index is 1.34. The van der Waals surface area contributed by atoms with E-state index in [4.69, 9.17) is 4.98 Å². The number of aryl methyl sites for hydroxylation is 2. The second-order valence-electron chi connectivity index (χ2n) is 11.1. The Morgan fingerprint density at radius 3 is 2.40 bits per heavy atom. The van der Waals surface area contributed by atoms with E-state index in [2.05, 4.69) is 5.32 Å². The molecule has 1 atom stereocenters. The van der Waals surface area contributed by atoms with Gasteiger partial charge in [0.05, 0.1) is 5.69 Å². The Bertz CT molecular complexity index is 1960. The highest BCUT2D eigenvalue weighted by molar-refractivity contribution is 5.84. The standard InChI is InChI=1S/C34H33N5O3/c1-21-14-16-39-25(18-21)12-13-28(33(39)41)26-6-5-7-27(22(26)2)30-20-38(4)34(42)29(36-30)19-23-8-10-24(11-9-23)31-32(40)35-15-17-37(31)3/h5-14,16,18,20,31H,15,17,19H2,1-4H3,(H,35,40)/t31-/m1/s1. The first-order valence-electron chi connectivity index (χ1n) is 14.1. The normalized spacial score (nSPS) is 15.6. The molecular weight excluding hydrogens is 526 g/mol. The van der Waals surface area contributed by atoms with Gasteiger partial charge in [0.25, 0.3) is 11.1 Å². The topological polar surface area (TPSA) is 88.7 Å². The third kappa shape index (κ3) is 4.94. The predicted molar refractivity (Wildman–Crippen MR) is 165 cm³/mol. The molecule has 42 heavy (non-hydrogen) atoms. The zero-order valence-corrected chi connectivity index (χ0v) is 24.2. The van der Waals surface area contributed by atoms with Crippen molar-refractivity contribution in [2.75, 3.05) is 20.1 Å². The zero-order chi connectivity index (χ0) is 29.5. The van der Waals surface area contributed by atoms with Crippen LogP contribution in [0.15, 0.2) is 88.7 Å². The molecule has 1 fully saturated rings. The summed E-state index contributed by atoms with van der Waals surface area (Å²) in [5, 5.41) is 2.93. The summed E-state index contributed by atoms with van der Waals surface area (Å²) in [6, 6.07) is 21.1. The van der Waals surface area contributed by atoms with Gasteiger partial charge in [-0.15, -0.1) is 0 Å². The highest BCUT2D eigenvalue weighted by Crippen LogP contribution is 2.30. The highest BCUT2D eigenvalue weighted by atomic mass is 16.2. The minimum absolute atomic E-state index is 0.00109. The van der Waals surface area contributed by atoms with Crippen LogP contribution in [0.1, 0.15) is 34.0 Å². The molecule has 0 unspecified atom stereocenters. The molecule has 2 aromatic carbocycles. The lowest BCUT2D eigenvalue weighted by Gasteiger charge is -2.32. The van der Waals surface area contributed by atoms with Crippen molar-refractivity contribution in [2.45, 2.75) is 26.3 Å². The monoisotopic (exact) mass is 559 g/mol. The van der Waals surface area contributed by atoms with Crippen LogP contribution in [0, 0.1) is 13.8 Å². The van der Waals surface area contributed by atoms with Gasteiger partial charge in [-0.2, -0.15) is 0 Å². The van der Waals surface area contributed by atoms with E-state index in [1.807, 2.05) is 98.7 Å². The molecule has 0 aliphatic carbocycles. The van der Waals surface area contributed by atoms with Crippen molar-refractivity contribution < 1.29 is 4.79 Å². The molecule has 1 saturated heterocycles. The van der Waals surface area contributed by atoms with Gasteiger partial charge in [0.1, 0.15) is 11.7 Å². The van der Waals surface area contributed by atoms with Crippen LogP contribution in [0.4, 0.5) is 0 Å². The maximum Gasteiger partial charge on any atom is 0.272 e. The lowest BCUT2D eigenvalue weighted by atomic mass is 9.95. The minimum atomic E-state index is -0.322. The van der Waals surface area contributed by atoms with Crippen LogP contribution in [-0.2, 0) is 18.3 Å². The van der Waals surface area contributed by atoms with E-state index in [0.29, 0.717) is 29.9 Å². The fourth-order valence-corrected chi connectivity index (χ4v) is 5.83. The summed E-state index contributed by atoms with van der Waals surface area (Å²) in [4.78, 5) is 45.9. The summed E-state index contributed by atoms with van der Waals surface area (Å²) in [6.07, 6.45) is 3.91. The van der Waals surface area contributed by atoms with E-state index in [0.717, 1.165) is 45.4 Å². The largest absolute Gasteiger partial charge is 0.353 e. The fraction of sp³-hybridized carbons (Fsp3) is 0.235. The molecule has 6 rings (SSSR count). The zero-order valence-electron chi connectivity index (χ0n) is 24.2. The second kappa shape index (κ2) is 10.9. The Morgan fingerprint density at radius 2 is 1.64 bits per heavy atom. The maximum absolute atomic E-state index is 13.4. The van der Waals surface area contributed by atoms with Gasteiger partial charge in [-0.3, -0.25) is 23.7 Å². The molecule has 1 aliphatic rings. The molecule has 3 aromatic heterocycles. The summed E-state index contributed by atoms with van der Waals surface area (Å²) in [7, 11) is 3.68. The molecule has 1 amide bonds. The maximum atomic E-state index is 13.4. The molecular formula is C34H33N5O3. The van der Waals surface area contributed by atoms with E-state index in [9.17, 15) is 14.4 Å². The number of carbonyl (C=O) groups is 1. The average Bonchev–Trinajstić information content (AvgIpc) is 2.97. The smallest absolute Gasteiger partial charge is 0.272 e. The SMILES string of the molecule is Cc1ccn2c(=O)c(-c3cccc(-c4cn(C)c(=O)c(Cc5ccc([C@@H]6C(=O)NCCN6C)cc5)n4)c3C)ccc2c1. The number of hydrogen-bond acceptors (Lipinski definition) is 5. The first kappa shape index (κ1) is 27.4. The van der Waals surface area contributed by atoms with Gasteiger partial charge in [-0.25, -0.2) is 4.98 Å². The van der Waals surface area contributed by atoms with Crippen molar-refractivity contribution in [2.24, 2.45) is 7.05 Å². The van der Waals surface area contributed by atoms with Gasteiger partial charge < -0.3 is 9.88 Å². The average molecular weight is 560 g/mol. The Kier molecular flexibility index (Phi) is 7.08. The Labute approximate surface area is 243 Å². The molecule has 4 heterocycles. The van der Waals surface area contributed by atoms with Crippen molar-refractivity contribution in [1.29, 1.82) is 0 Å². The number of hydrogen-bond donors (Lipinski definition) is 1. The minimum Gasteiger partial charge on any atom is -0.353 e. The first-order chi connectivity index (χ1) is 20.2. The molecule has 212 valence electrons. The van der Waals surface area contributed by atoms with Crippen LogP contribution in [0.25, 0.3) is 27.9 Å². The summed E-state index contributed by atoms with van der Waals surface area (Å²) in [6.45, 7) is 5.43. The van der Waals surface area contributed by atoms with Crippen molar-refractivity contribution in [3.05, 3.63) is 128 Å². The molecule has 0 radical (unpaired) electrons. The number of rotatable bonds is 5. The number of carbonyl (C=O) groups excluding carboxylic acids is 1. The van der Waals surface area contributed by atoms with E-state index in [1.165, 1.54) is 0 Å². The molecule has 8 nitrogen and oxygen atoms in total. The van der Waals surface area contributed by atoms with Crippen molar-refractivity contribution in [3.8, 4) is 22.4 Å². The van der Waals surface area contributed by atoms with Gasteiger partial charge in [0.2, 0.25) is 5.91 Å². The van der Waals surface area contributed by atoms with Crippen molar-refractivity contribution in [1.82, 2.24) is 24.2 Å². The summed E-state index contributed by atoms with van der Waals surface area (Å²) >= 11 is 0. The molecule has 0 bridgehead atoms. The van der Waals surface area contributed by atoms with Crippen molar-refractivity contribution >= 4 is 11.4 Å². The van der Waals surface area contributed by atoms with E-state index >= 15 is 0 Å². The Hall–Kier alpha value is -4.82. The van der Waals surface area contributed by atoms with Gasteiger partial charge in [0.15, 0.2) is 0 Å². The molecule has 8 heteroatoms. The number of nitrogens with zero attached hydrogens (tertiary/aromatic N) is 4. The molecule has 0 spiro atoms. The number of aromatic nitrogens is 3. The van der Waals surface area contributed by atoms with Gasteiger partial charge in [-0.1, -0.05) is 42.5 Å². The van der Waals surface area contributed by atoms with Crippen LogP contribution in [0.3, 0.4) is 0 Å². The highest BCUT2D eigenvalue weighted by Gasteiger charge is 2.28.